The lowest BCUT2D eigenvalue weighted by atomic mass is 10.0. The fourth-order valence-corrected chi connectivity index (χ4v) is 6.85. The van der Waals surface area contributed by atoms with E-state index in [2.05, 4.69) is 86.0 Å². The average Bonchev–Trinajstić information content (AvgIpc) is 3.40. The highest BCUT2D eigenvalue weighted by atomic mass is 15.4. The lowest BCUT2D eigenvalue weighted by molar-refractivity contribution is 0.174. The van der Waals surface area contributed by atoms with Crippen molar-refractivity contribution in [3.63, 3.8) is 0 Å². The molecule has 8 heteroatoms. The summed E-state index contributed by atoms with van der Waals surface area (Å²) in [5, 5.41) is 17.1. The van der Waals surface area contributed by atoms with Crippen molar-refractivity contribution in [1.29, 1.82) is 0 Å². The van der Waals surface area contributed by atoms with E-state index in [1.54, 1.807) is 4.68 Å². The SMILES string of the molecule is C[C@H]1CCCN1C1CCc2ccc(Nc3nc(N)n(-c4cc5c(nn4)-c4ccccc4CCC5)n3)cc2CC1. The molecule has 4 aromatic rings. The van der Waals surface area contributed by atoms with E-state index in [1.807, 2.05) is 0 Å². The molecular formula is C31H36N8. The number of hydrogen-bond acceptors (Lipinski definition) is 7. The largest absolute Gasteiger partial charge is 0.368 e. The Kier molecular flexibility index (Phi) is 6.27. The number of fused-ring (bicyclic) bond motifs is 4. The molecule has 2 atom stereocenters. The Morgan fingerprint density at radius 2 is 1.69 bits per heavy atom. The summed E-state index contributed by atoms with van der Waals surface area (Å²) in [6, 6.07) is 18.6. The zero-order valence-corrected chi connectivity index (χ0v) is 22.6. The van der Waals surface area contributed by atoms with Gasteiger partial charge in [0, 0.05) is 23.3 Å². The van der Waals surface area contributed by atoms with E-state index < -0.39 is 0 Å². The van der Waals surface area contributed by atoms with Gasteiger partial charge in [0.15, 0.2) is 5.82 Å². The Balaban J connectivity index is 1.10. The predicted molar refractivity (Wildman–Crippen MR) is 154 cm³/mol. The number of likely N-dealkylation sites (tertiary alicyclic amines) is 1. The lowest BCUT2D eigenvalue weighted by Gasteiger charge is -2.30. The number of nitrogens with one attached hydrogen (secondary N) is 1. The molecule has 39 heavy (non-hydrogen) atoms. The first-order valence-corrected chi connectivity index (χ1v) is 14.4. The number of aryl methyl sites for hydroxylation is 4. The fraction of sp³-hybridized carbons (Fsp3) is 0.419. The third-order valence-electron chi connectivity index (χ3n) is 8.90. The van der Waals surface area contributed by atoms with Crippen molar-refractivity contribution >= 4 is 17.6 Å². The first-order chi connectivity index (χ1) is 19.1. The van der Waals surface area contributed by atoms with E-state index >= 15 is 0 Å². The summed E-state index contributed by atoms with van der Waals surface area (Å²) in [5.74, 6) is 1.35. The molecule has 2 aromatic carbocycles. The summed E-state index contributed by atoms with van der Waals surface area (Å²) in [6.07, 6.45) is 10.5. The van der Waals surface area contributed by atoms with Gasteiger partial charge in [-0.05, 0) is 112 Å². The summed E-state index contributed by atoms with van der Waals surface area (Å²) in [6.45, 7) is 3.65. The number of anilines is 3. The number of aromatic nitrogens is 5. The Morgan fingerprint density at radius 3 is 2.56 bits per heavy atom. The summed E-state index contributed by atoms with van der Waals surface area (Å²) in [4.78, 5) is 7.24. The van der Waals surface area contributed by atoms with Gasteiger partial charge >= 0.3 is 0 Å². The first-order valence-electron chi connectivity index (χ1n) is 14.4. The van der Waals surface area contributed by atoms with E-state index in [9.17, 15) is 0 Å². The molecule has 0 radical (unpaired) electrons. The molecule has 200 valence electrons. The topological polar surface area (TPSA) is 97.8 Å². The van der Waals surface area contributed by atoms with Crippen molar-refractivity contribution in [1.82, 2.24) is 29.9 Å². The van der Waals surface area contributed by atoms with Gasteiger partial charge in [0.05, 0.1) is 5.69 Å². The van der Waals surface area contributed by atoms with Crippen LogP contribution in [0.15, 0.2) is 48.5 Å². The van der Waals surface area contributed by atoms with Crippen molar-refractivity contribution in [2.45, 2.75) is 76.8 Å². The summed E-state index contributed by atoms with van der Waals surface area (Å²) in [7, 11) is 0. The molecule has 0 saturated carbocycles. The minimum absolute atomic E-state index is 0.290. The summed E-state index contributed by atoms with van der Waals surface area (Å²) in [5.41, 5.74) is 14.8. The zero-order chi connectivity index (χ0) is 26.3. The monoisotopic (exact) mass is 520 g/mol. The molecule has 0 bridgehead atoms. The van der Waals surface area contributed by atoms with E-state index in [-0.39, 0.29) is 5.95 Å². The maximum Gasteiger partial charge on any atom is 0.248 e. The van der Waals surface area contributed by atoms with Gasteiger partial charge in [0.25, 0.3) is 0 Å². The molecule has 1 unspecified atom stereocenters. The molecule has 1 fully saturated rings. The quantitative estimate of drug-likeness (QED) is 0.354. The van der Waals surface area contributed by atoms with Gasteiger partial charge in [-0.15, -0.1) is 15.3 Å². The lowest BCUT2D eigenvalue weighted by Crippen LogP contribution is -2.37. The van der Waals surface area contributed by atoms with E-state index in [4.69, 9.17) is 5.73 Å². The maximum atomic E-state index is 6.31. The van der Waals surface area contributed by atoms with Gasteiger partial charge in [-0.1, -0.05) is 30.3 Å². The van der Waals surface area contributed by atoms with E-state index in [1.165, 1.54) is 60.0 Å². The highest BCUT2D eigenvalue weighted by Crippen LogP contribution is 2.32. The predicted octanol–water partition coefficient (Wildman–Crippen LogP) is 5.27. The van der Waals surface area contributed by atoms with Crippen LogP contribution in [0.3, 0.4) is 0 Å². The number of nitrogens with two attached hydrogens (primary N) is 1. The highest BCUT2D eigenvalue weighted by Gasteiger charge is 2.29. The van der Waals surface area contributed by atoms with Crippen LogP contribution in [0.2, 0.25) is 0 Å². The minimum Gasteiger partial charge on any atom is -0.368 e. The molecular weight excluding hydrogens is 484 g/mol. The van der Waals surface area contributed by atoms with Crippen LogP contribution in [-0.2, 0) is 25.7 Å². The Labute approximate surface area is 229 Å². The zero-order valence-electron chi connectivity index (χ0n) is 22.6. The van der Waals surface area contributed by atoms with Crippen LogP contribution < -0.4 is 11.1 Å². The van der Waals surface area contributed by atoms with Crippen LogP contribution in [0.5, 0.6) is 0 Å². The van der Waals surface area contributed by atoms with Gasteiger partial charge < -0.3 is 11.1 Å². The highest BCUT2D eigenvalue weighted by molar-refractivity contribution is 5.68. The standard InChI is InChI=1S/C31H36N8/c1-20-6-5-17-38(20)26-15-12-21-11-14-25(18-23(21)13-16-26)33-31-34-30(32)39(37-31)28-19-24-9-4-8-22-7-2-3-10-27(22)29(24)36-35-28/h2-3,7,10-11,14,18-20,26H,4-6,8-9,12-13,15-17H2,1H3,(H3,32,33,34,37)/t20-,26?/m0/s1. The summed E-state index contributed by atoms with van der Waals surface area (Å²) < 4.78 is 1.58. The minimum atomic E-state index is 0.290. The van der Waals surface area contributed by atoms with Crippen molar-refractivity contribution in [2.75, 3.05) is 17.6 Å². The third kappa shape index (κ3) is 4.67. The molecule has 8 nitrogen and oxygen atoms in total. The third-order valence-corrected chi connectivity index (χ3v) is 8.90. The molecule has 0 spiro atoms. The van der Waals surface area contributed by atoms with Crippen molar-refractivity contribution in [3.8, 4) is 17.1 Å². The molecule has 7 rings (SSSR count). The number of rotatable bonds is 4. The molecule has 1 saturated heterocycles. The van der Waals surface area contributed by atoms with Crippen LogP contribution >= 0.6 is 0 Å². The van der Waals surface area contributed by atoms with Crippen LogP contribution in [0.4, 0.5) is 17.6 Å². The number of benzene rings is 2. The van der Waals surface area contributed by atoms with Crippen molar-refractivity contribution in [2.24, 2.45) is 0 Å². The van der Waals surface area contributed by atoms with Crippen LogP contribution in [-0.4, -0.2) is 48.5 Å². The molecule has 0 amide bonds. The Bertz CT molecular complexity index is 1510. The van der Waals surface area contributed by atoms with Crippen molar-refractivity contribution < 1.29 is 0 Å². The number of nitrogens with zero attached hydrogens (tertiary/aromatic N) is 6. The van der Waals surface area contributed by atoms with Crippen LogP contribution in [0.25, 0.3) is 17.1 Å². The van der Waals surface area contributed by atoms with Crippen LogP contribution in [0, 0.1) is 0 Å². The molecule has 1 aliphatic heterocycles. The summed E-state index contributed by atoms with van der Waals surface area (Å²) >= 11 is 0. The molecule has 3 N–H and O–H groups in total. The smallest absolute Gasteiger partial charge is 0.248 e. The second kappa shape index (κ2) is 10.1. The molecule has 3 heterocycles. The van der Waals surface area contributed by atoms with Crippen molar-refractivity contribution in [3.05, 3.63) is 70.8 Å². The Morgan fingerprint density at radius 1 is 0.846 bits per heavy atom. The van der Waals surface area contributed by atoms with Crippen LogP contribution in [0.1, 0.15) is 61.3 Å². The van der Waals surface area contributed by atoms with Gasteiger partial charge in [-0.2, -0.15) is 9.67 Å². The maximum absolute atomic E-state index is 6.31. The van der Waals surface area contributed by atoms with Gasteiger partial charge in [-0.3, -0.25) is 4.90 Å². The van der Waals surface area contributed by atoms with Gasteiger partial charge in [0.2, 0.25) is 11.9 Å². The molecule has 3 aliphatic rings. The van der Waals surface area contributed by atoms with E-state index in [0.29, 0.717) is 17.8 Å². The molecule has 2 aromatic heterocycles. The molecule has 2 aliphatic carbocycles. The normalized spacial score (nSPS) is 20.9. The van der Waals surface area contributed by atoms with Gasteiger partial charge in [-0.25, -0.2) is 0 Å². The second-order valence-corrected chi connectivity index (χ2v) is 11.4. The number of hydrogen-bond donors (Lipinski definition) is 2. The van der Waals surface area contributed by atoms with Gasteiger partial charge in [0.1, 0.15) is 0 Å². The fourth-order valence-electron chi connectivity index (χ4n) is 6.85. The number of nitrogen functional groups attached to an aromatic ring is 1. The van der Waals surface area contributed by atoms with E-state index in [0.717, 1.165) is 49.5 Å². The second-order valence-electron chi connectivity index (χ2n) is 11.4. The average molecular weight is 521 g/mol. The first kappa shape index (κ1) is 24.3. The Hall–Kier alpha value is -3.78.